The van der Waals surface area contributed by atoms with E-state index in [2.05, 4.69) is 3.77 Å². The van der Waals surface area contributed by atoms with Crippen molar-refractivity contribution in [2.24, 2.45) is 3.77 Å². The summed E-state index contributed by atoms with van der Waals surface area (Å²) in [5, 5.41) is 0. The van der Waals surface area contributed by atoms with E-state index >= 15 is 0 Å². The second-order valence-electron chi connectivity index (χ2n) is 5.88. The minimum atomic E-state index is -4.13. The highest BCUT2D eigenvalue weighted by Gasteiger charge is 2.22. The predicted octanol–water partition coefficient (Wildman–Crippen LogP) is 4.28. The molecule has 1 atom stereocenters. The van der Waals surface area contributed by atoms with Crippen LogP contribution < -0.4 is 4.74 Å². The number of hydrogen-bond donors (Lipinski definition) is 0. The molecule has 0 radical (unpaired) electrons. The fourth-order valence-electron chi connectivity index (χ4n) is 2.48. The maximum Gasteiger partial charge on any atom is 0.290 e. The van der Waals surface area contributed by atoms with Crippen LogP contribution in [-0.2, 0) is 19.8 Å². The van der Waals surface area contributed by atoms with E-state index in [-0.39, 0.29) is 4.90 Å². The standard InChI is InChI=1S/C20H19NO4S2/c1-16-8-12-20(13-9-16)27(23,24)21-26(22,18-6-4-3-5-7-18)19-14-10-17(25-2)11-15-19/h3-15H,1-2H3. The topological polar surface area (TPSA) is 72.8 Å². The Balaban J connectivity index is 2.25. The highest BCUT2D eigenvalue weighted by molar-refractivity contribution is 8.03. The molecule has 0 saturated heterocycles. The summed E-state index contributed by atoms with van der Waals surface area (Å²) >= 11 is 0. The van der Waals surface area contributed by atoms with Crippen molar-refractivity contribution < 1.29 is 17.4 Å². The molecule has 0 aliphatic carbocycles. The van der Waals surface area contributed by atoms with Crippen LogP contribution in [-0.4, -0.2) is 19.7 Å². The fraction of sp³-hybridized carbons (Fsp3) is 0.100. The van der Waals surface area contributed by atoms with Crippen LogP contribution in [0, 0.1) is 6.92 Å². The molecule has 5 nitrogen and oxygen atoms in total. The lowest BCUT2D eigenvalue weighted by molar-refractivity contribution is 0.414. The van der Waals surface area contributed by atoms with Crippen LogP contribution in [0.3, 0.4) is 0 Å². The Labute approximate surface area is 159 Å². The minimum absolute atomic E-state index is 0.00488. The Morgan fingerprint density at radius 3 is 1.78 bits per heavy atom. The molecular weight excluding hydrogens is 382 g/mol. The SMILES string of the molecule is COc1ccc(S(=O)(=NS(=O)(=O)c2ccc(C)cc2)c2ccccc2)cc1. The van der Waals surface area contributed by atoms with E-state index in [9.17, 15) is 12.6 Å². The first-order valence-electron chi connectivity index (χ1n) is 8.14. The number of hydrogen-bond acceptors (Lipinski definition) is 4. The second kappa shape index (κ2) is 7.54. The summed E-state index contributed by atoms with van der Waals surface area (Å²) in [5.74, 6) is 0.579. The fourth-order valence-corrected chi connectivity index (χ4v) is 6.40. The zero-order chi connectivity index (χ0) is 19.5. The van der Waals surface area contributed by atoms with Crippen LogP contribution in [0.15, 0.2) is 97.3 Å². The number of nitrogens with zero attached hydrogens (tertiary/aromatic N) is 1. The van der Waals surface area contributed by atoms with Gasteiger partial charge in [-0.1, -0.05) is 39.7 Å². The number of methoxy groups -OCH3 is 1. The Kier molecular flexibility index (Phi) is 5.34. The van der Waals surface area contributed by atoms with Gasteiger partial charge in [-0.3, -0.25) is 0 Å². The average molecular weight is 402 g/mol. The van der Waals surface area contributed by atoms with Gasteiger partial charge in [-0.2, -0.15) is 8.42 Å². The normalized spacial score (nSPS) is 13.6. The van der Waals surface area contributed by atoms with E-state index in [1.807, 2.05) is 6.92 Å². The van der Waals surface area contributed by atoms with Gasteiger partial charge in [0, 0.05) is 0 Å². The van der Waals surface area contributed by atoms with E-state index < -0.39 is 19.8 Å². The minimum Gasteiger partial charge on any atom is -0.497 e. The monoisotopic (exact) mass is 401 g/mol. The Morgan fingerprint density at radius 2 is 1.22 bits per heavy atom. The van der Waals surface area contributed by atoms with Crippen molar-refractivity contribution in [2.75, 3.05) is 7.11 Å². The molecular formula is C20H19NO4S2. The second-order valence-corrected chi connectivity index (χ2v) is 9.89. The van der Waals surface area contributed by atoms with Gasteiger partial charge in [-0.15, -0.1) is 0 Å². The van der Waals surface area contributed by atoms with Gasteiger partial charge in [0.1, 0.15) is 15.5 Å². The van der Waals surface area contributed by atoms with Crippen LogP contribution in [0.5, 0.6) is 5.75 Å². The molecule has 0 bridgehead atoms. The van der Waals surface area contributed by atoms with Crippen molar-refractivity contribution in [1.82, 2.24) is 0 Å². The molecule has 0 aromatic heterocycles. The molecule has 0 amide bonds. The lowest BCUT2D eigenvalue weighted by Gasteiger charge is -2.12. The zero-order valence-electron chi connectivity index (χ0n) is 14.9. The van der Waals surface area contributed by atoms with Crippen molar-refractivity contribution in [3.63, 3.8) is 0 Å². The Bertz CT molecular complexity index is 1140. The number of ether oxygens (including phenoxy) is 1. The largest absolute Gasteiger partial charge is 0.497 e. The highest BCUT2D eigenvalue weighted by Crippen LogP contribution is 2.28. The van der Waals surface area contributed by atoms with Crippen molar-refractivity contribution >= 4 is 19.8 Å². The third kappa shape index (κ3) is 4.04. The van der Waals surface area contributed by atoms with Crippen molar-refractivity contribution in [3.05, 3.63) is 84.4 Å². The molecule has 7 heteroatoms. The van der Waals surface area contributed by atoms with Gasteiger partial charge in [0.25, 0.3) is 10.0 Å². The maximum atomic E-state index is 13.9. The molecule has 0 saturated carbocycles. The highest BCUT2D eigenvalue weighted by atomic mass is 32.3. The van der Waals surface area contributed by atoms with Crippen LogP contribution in [0.1, 0.15) is 5.56 Å². The van der Waals surface area contributed by atoms with Gasteiger partial charge >= 0.3 is 0 Å². The molecule has 1 unspecified atom stereocenters. The molecule has 3 rings (SSSR count). The van der Waals surface area contributed by atoms with Crippen LogP contribution in [0.4, 0.5) is 0 Å². The van der Waals surface area contributed by atoms with Crippen molar-refractivity contribution in [2.45, 2.75) is 21.6 Å². The predicted molar refractivity (Wildman–Crippen MR) is 105 cm³/mol. The van der Waals surface area contributed by atoms with Crippen LogP contribution in [0.25, 0.3) is 0 Å². The first-order valence-corrected chi connectivity index (χ1v) is 11.1. The molecule has 3 aromatic rings. The summed E-state index contributed by atoms with van der Waals surface area (Å²) < 4.78 is 48.6. The van der Waals surface area contributed by atoms with Gasteiger partial charge in [0.05, 0.1) is 21.8 Å². The van der Waals surface area contributed by atoms with Gasteiger partial charge in [-0.05, 0) is 55.5 Å². The van der Waals surface area contributed by atoms with Crippen molar-refractivity contribution in [1.29, 1.82) is 0 Å². The van der Waals surface area contributed by atoms with E-state index in [4.69, 9.17) is 4.74 Å². The number of rotatable bonds is 5. The summed E-state index contributed by atoms with van der Waals surface area (Å²) in [7, 11) is -6.01. The van der Waals surface area contributed by atoms with E-state index in [0.717, 1.165) is 5.56 Å². The first kappa shape index (κ1) is 19.1. The summed E-state index contributed by atoms with van der Waals surface area (Å²) in [6.07, 6.45) is 0. The van der Waals surface area contributed by atoms with Gasteiger partial charge < -0.3 is 4.74 Å². The average Bonchev–Trinajstić information content (AvgIpc) is 2.68. The Hall–Kier alpha value is -2.64. The smallest absolute Gasteiger partial charge is 0.290 e. The van der Waals surface area contributed by atoms with Gasteiger partial charge in [-0.25, -0.2) is 4.21 Å². The van der Waals surface area contributed by atoms with Gasteiger partial charge in [0.15, 0.2) is 0 Å². The number of sulfonamides is 1. The van der Waals surface area contributed by atoms with E-state index in [1.54, 1.807) is 66.7 Å². The van der Waals surface area contributed by atoms with Crippen LogP contribution >= 0.6 is 0 Å². The molecule has 0 N–H and O–H groups in total. The number of aryl methyl sites for hydroxylation is 1. The molecule has 0 aliphatic heterocycles. The van der Waals surface area contributed by atoms with E-state index in [1.165, 1.54) is 19.2 Å². The molecule has 3 aromatic carbocycles. The summed E-state index contributed by atoms with van der Waals surface area (Å²) in [5.41, 5.74) is 0.924. The number of benzene rings is 3. The van der Waals surface area contributed by atoms with Gasteiger partial charge in [0.2, 0.25) is 0 Å². The zero-order valence-corrected chi connectivity index (χ0v) is 16.5. The molecule has 0 spiro atoms. The molecule has 0 heterocycles. The van der Waals surface area contributed by atoms with Crippen molar-refractivity contribution in [3.8, 4) is 5.75 Å². The summed E-state index contributed by atoms with van der Waals surface area (Å²) in [6, 6.07) is 21.1. The Morgan fingerprint density at radius 1 is 0.704 bits per heavy atom. The lowest BCUT2D eigenvalue weighted by atomic mass is 10.2. The molecule has 0 aliphatic rings. The lowest BCUT2D eigenvalue weighted by Crippen LogP contribution is -2.07. The quantitative estimate of drug-likeness (QED) is 0.640. The third-order valence-electron chi connectivity index (χ3n) is 3.96. The molecule has 140 valence electrons. The maximum absolute atomic E-state index is 13.9. The molecule has 27 heavy (non-hydrogen) atoms. The molecule has 0 fully saturated rings. The third-order valence-corrected chi connectivity index (χ3v) is 8.28. The van der Waals surface area contributed by atoms with Crippen LogP contribution in [0.2, 0.25) is 0 Å². The summed E-state index contributed by atoms with van der Waals surface area (Å²) in [4.78, 5) is 0.626. The summed E-state index contributed by atoms with van der Waals surface area (Å²) in [6.45, 7) is 1.86. The van der Waals surface area contributed by atoms with E-state index in [0.29, 0.717) is 15.5 Å². The first-order chi connectivity index (χ1) is 12.8.